The van der Waals surface area contributed by atoms with Crippen molar-refractivity contribution in [3.63, 3.8) is 0 Å². The van der Waals surface area contributed by atoms with Gasteiger partial charge in [0, 0.05) is 23.6 Å². The van der Waals surface area contributed by atoms with Crippen LogP contribution in [0.5, 0.6) is 0 Å². The first-order chi connectivity index (χ1) is 15.7. The van der Waals surface area contributed by atoms with E-state index < -0.39 is 6.04 Å². The van der Waals surface area contributed by atoms with E-state index in [1.165, 1.54) is 0 Å². The van der Waals surface area contributed by atoms with E-state index in [9.17, 15) is 9.59 Å². The smallest absolute Gasteiger partial charge is 0.338 e. The number of hydrogen-bond donors (Lipinski definition) is 3. The number of allylic oxidation sites excluding steroid dienone is 1. The third kappa shape index (κ3) is 5.90. The van der Waals surface area contributed by atoms with Gasteiger partial charge in [0.25, 0.3) is 0 Å². The molecule has 0 fully saturated rings. The minimum Gasteiger partial charge on any atom is -0.459 e. The lowest BCUT2D eigenvalue weighted by Crippen LogP contribution is -2.47. The lowest BCUT2D eigenvalue weighted by atomic mass is 9.94. The molecule has 3 N–H and O–H groups in total. The number of benzene rings is 2. The molecule has 0 spiro atoms. The first kappa shape index (κ1) is 24.3. The molecule has 1 aliphatic heterocycles. The Balaban J connectivity index is 1.79. The average molecular weight is 467 g/mol. The van der Waals surface area contributed by atoms with Crippen LogP contribution in [0.1, 0.15) is 44.9 Å². The van der Waals surface area contributed by atoms with Crippen molar-refractivity contribution in [1.82, 2.24) is 10.2 Å². The number of rotatable bonds is 6. The summed E-state index contributed by atoms with van der Waals surface area (Å²) in [5.41, 5.74) is 4.60. The average Bonchev–Trinajstić information content (AvgIpc) is 2.75. The van der Waals surface area contributed by atoms with Gasteiger partial charge in [-0.05, 0) is 76.7 Å². The number of hydrogen-bond acceptors (Lipinski definition) is 4. The fourth-order valence-electron chi connectivity index (χ4n) is 3.64. The van der Waals surface area contributed by atoms with Crippen LogP contribution in [0.2, 0.25) is 0 Å². The van der Waals surface area contributed by atoms with Crippen molar-refractivity contribution in [2.75, 3.05) is 17.2 Å². The van der Waals surface area contributed by atoms with Crippen molar-refractivity contribution in [2.45, 2.75) is 46.8 Å². The molecule has 2 amide bonds. The van der Waals surface area contributed by atoms with Gasteiger partial charge < -0.3 is 25.6 Å². The quantitative estimate of drug-likeness (QED) is 0.405. The van der Waals surface area contributed by atoms with Gasteiger partial charge in [-0.15, -0.1) is 0 Å². The molecule has 2 aromatic rings. The Morgan fingerprint density at radius 1 is 1.03 bits per heavy atom. The van der Waals surface area contributed by atoms with Crippen molar-refractivity contribution in [3.8, 4) is 0 Å². The second kappa shape index (κ2) is 10.5. The highest BCUT2D eigenvalue weighted by Crippen LogP contribution is 2.32. The number of aryl methyl sites for hydroxylation is 1. The molecule has 0 radical (unpaired) electrons. The van der Waals surface area contributed by atoms with Gasteiger partial charge in [0.1, 0.15) is 0 Å². The number of ether oxygens (including phenoxy) is 1. The van der Waals surface area contributed by atoms with Crippen LogP contribution in [0.4, 0.5) is 16.2 Å². The number of amides is 2. The summed E-state index contributed by atoms with van der Waals surface area (Å²) in [4.78, 5) is 27.1. The molecule has 3 rings (SSSR count). The van der Waals surface area contributed by atoms with Crippen molar-refractivity contribution in [1.29, 1.82) is 0 Å². The van der Waals surface area contributed by atoms with Gasteiger partial charge in [-0.3, -0.25) is 0 Å². The fourth-order valence-corrected chi connectivity index (χ4v) is 4.03. The van der Waals surface area contributed by atoms with Gasteiger partial charge >= 0.3 is 12.0 Å². The van der Waals surface area contributed by atoms with Gasteiger partial charge in [0.2, 0.25) is 0 Å². The van der Waals surface area contributed by atoms with Crippen LogP contribution in [-0.4, -0.2) is 34.7 Å². The molecule has 0 aliphatic carbocycles. The van der Waals surface area contributed by atoms with Crippen LogP contribution in [0, 0.1) is 6.92 Å². The molecule has 33 heavy (non-hydrogen) atoms. The molecule has 0 bridgehead atoms. The lowest BCUT2D eigenvalue weighted by Gasteiger charge is -2.37. The molecule has 0 aromatic heterocycles. The van der Waals surface area contributed by atoms with E-state index in [4.69, 9.17) is 17.0 Å². The summed E-state index contributed by atoms with van der Waals surface area (Å²) in [5, 5.41) is 9.45. The van der Waals surface area contributed by atoms with Crippen LogP contribution in [0.3, 0.4) is 0 Å². The summed E-state index contributed by atoms with van der Waals surface area (Å²) in [6.45, 7) is 10.1. The van der Waals surface area contributed by atoms with Gasteiger partial charge in [-0.2, -0.15) is 0 Å². The number of nitrogens with one attached hydrogen (secondary N) is 3. The van der Waals surface area contributed by atoms with Gasteiger partial charge in [-0.1, -0.05) is 29.8 Å². The summed E-state index contributed by atoms with van der Waals surface area (Å²) in [6.07, 6.45) is -0.235. The molecular formula is C25H30N4O3S. The largest absolute Gasteiger partial charge is 0.459 e. The monoisotopic (exact) mass is 466 g/mol. The molecule has 8 heteroatoms. The van der Waals surface area contributed by atoms with E-state index in [0.717, 1.165) is 16.8 Å². The standard InChI is InChI=1S/C25H30N4O3S/c1-6-29-17(5)21(23(30)32-15(2)3)22(28-25(29)33)18-9-13-20(14-10-18)27-24(31)26-19-11-7-16(4)8-12-19/h7-15,22H,6H2,1-5H3,(H,28,33)(H2,26,27,31)/t22-/m0/s1. The molecule has 7 nitrogen and oxygen atoms in total. The maximum absolute atomic E-state index is 12.9. The Kier molecular flexibility index (Phi) is 7.71. The Bertz CT molecular complexity index is 1060. The minimum atomic E-state index is -0.443. The summed E-state index contributed by atoms with van der Waals surface area (Å²) >= 11 is 5.52. The molecule has 1 atom stereocenters. The number of urea groups is 1. The van der Waals surface area contributed by atoms with E-state index >= 15 is 0 Å². The Hall–Kier alpha value is -3.39. The second-order valence-electron chi connectivity index (χ2n) is 8.15. The van der Waals surface area contributed by atoms with E-state index in [2.05, 4.69) is 16.0 Å². The van der Waals surface area contributed by atoms with E-state index in [0.29, 0.717) is 28.6 Å². The Labute approximate surface area is 200 Å². The summed E-state index contributed by atoms with van der Waals surface area (Å²) in [5.74, 6) is -0.374. The predicted octanol–water partition coefficient (Wildman–Crippen LogP) is 5.12. The zero-order chi connectivity index (χ0) is 24.1. The molecule has 174 valence electrons. The van der Waals surface area contributed by atoms with Crippen molar-refractivity contribution >= 4 is 40.7 Å². The number of esters is 1. The highest BCUT2D eigenvalue weighted by molar-refractivity contribution is 7.80. The molecule has 0 saturated heterocycles. The van der Waals surface area contributed by atoms with Crippen LogP contribution in [0.15, 0.2) is 59.8 Å². The lowest BCUT2D eigenvalue weighted by molar-refractivity contribution is -0.143. The number of carbonyl (C=O) groups is 2. The second-order valence-corrected chi connectivity index (χ2v) is 8.53. The number of nitrogens with zero attached hydrogens (tertiary/aromatic N) is 1. The topological polar surface area (TPSA) is 82.7 Å². The predicted molar refractivity (Wildman–Crippen MR) is 135 cm³/mol. The van der Waals surface area contributed by atoms with E-state index in [-0.39, 0.29) is 18.1 Å². The third-order valence-corrected chi connectivity index (χ3v) is 5.62. The van der Waals surface area contributed by atoms with Crippen molar-refractivity contribution in [3.05, 3.63) is 70.9 Å². The zero-order valence-corrected chi connectivity index (χ0v) is 20.4. The highest BCUT2D eigenvalue weighted by atomic mass is 32.1. The number of carbonyl (C=O) groups excluding carboxylic acids is 2. The molecule has 0 unspecified atom stereocenters. The first-order valence-electron chi connectivity index (χ1n) is 10.9. The van der Waals surface area contributed by atoms with Gasteiger partial charge in [0.15, 0.2) is 5.11 Å². The minimum absolute atomic E-state index is 0.235. The zero-order valence-electron chi connectivity index (χ0n) is 19.6. The molecule has 1 aliphatic rings. The molecular weight excluding hydrogens is 436 g/mol. The molecule has 1 heterocycles. The number of anilines is 2. The Morgan fingerprint density at radius 3 is 2.09 bits per heavy atom. The number of thiocarbonyl (C=S) groups is 1. The first-order valence-corrected chi connectivity index (χ1v) is 11.3. The van der Waals surface area contributed by atoms with Crippen LogP contribution in [0.25, 0.3) is 0 Å². The fraction of sp³-hybridized carbons (Fsp3) is 0.320. The maximum Gasteiger partial charge on any atom is 0.338 e. The highest BCUT2D eigenvalue weighted by Gasteiger charge is 2.34. The summed E-state index contributed by atoms with van der Waals surface area (Å²) in [6, 6.07) is 14.1. The Morgan fingerprint density at radius 2 is 1.58 bits per heavy atom. The normalized spacial score (nSPS) is 15.9. The van der Waals surface area contributed by atoms with Crippen LogP contribution >= 0.6 is 12.2 Å². The van der Waals surface area contributed by atoms with Gasteiger partial charge in [-0.25, -0.2) is 9.59 Å². The van der Waals surface area contributed by atoms with Crippen LogP contribution in [-0.2, 0) is 9.53 Å². The summed E-state index contributed by atoms with van der Waals surface area (Å²) < 4.78 is 5.51. The molecule has 0 saturated carbocycles. The van der Waals surface area contributed by atoms with Crippen LogP contribution < -0.4 is 16.0 Å². The van der Waals surface area contributed by atoms with Gasteiger partial charge in [0.05, 0.1) is 17.7 Å². The summed E-state index contributed by atoms with van der Waals surface area (Å²) in [7, 11) is 0. The maximum atomic E-state index is 12.9. The SMILES string of the molecule is CCN1C(=S)N[C@@H](c2ccc(NC(=O)Nc3ccc(C)cc3)cc2)C(C(=O)OC(C)C)=C1C. The van der Waals surface area contributed by atoms with Crippen molar-refractivity contribution in [2.24, 2.45) is 0 Å². The van der Waals surface area contributed by atoms with Crippen molar-refractivity contribution < 1.29 is 14.3 Å². The van der Waals surface area contributed by atoms with E-state index in [1.54, 1.807) is 12.1 Å². The third-order valence-electron chi connectivity index (χ3n) is 5.29. The van der Waals surface area contributed by atoms with E-state index in [1.807, 2.05) is 75.9 Å². The molecule has 2 aromatic carbocycles.